The van der Waals surface area contributed by atoms with Crippen LogP contribution >= 0.6 is 0 Å². The largest absolute Gasteiger partial charge is 0.435 e. The highest BCUT2D eigenvalue weighted by molar-refractivity contribution is 5.72. The number of hydrogen-bond donors (Lipinski definition) is 2. The molecule has 0 bridgehead atoms. The topological polar surface area (TPSA) is 118 Å². The lowest BCUT2D eigenvalue weighted by Crippen LogP contribution is -2.25. The number of unbranched alkanes of at least 4 members (excludes halogenated alkanes) is 16. The van der Waals surface area contributed by atoms with Gasteiger partial charge in [-0.1, -0.05) is 110 Å². The molecule has 0 radical (unpaired) electrons. The molecule has 3 atom stereocenters. The summed E-state index contributed by atoms with van der Waals surface area (Å²) in [4.78, 5) is 25.5. The van der Waals surface area contributed by atoms with Crippen LogP contribution in [-0.4, -0.2) is 61.5 Å². The first kappa shape index (κ1) is 48.2. The van der Waals surface area contributed by atoms with Crippen LogP contribution in [0.3, 0.4) is 0 Å². The Bertz CT molecular complexity index is 1000. The Balaban J connectivity index is 2.34. The molecule has 0 spiro atoms. The van der Waals surface area contributed by atoms with Crippen molar-refractivity contribution < 1.29 is 23.9 Å². The van der Waals surface area contributed by atoms with E-state index in [1.54, 1.807) is 13.3 Å². The van der Waals surface area contributed by atoms with Crippen molar-refractivity contribution >= 4 is 5.97 Å². The third-order valence-electron chi connectivity index (χ3n) is 9.78. The number of hydrogen-bond acceptors (Lipinski definition) is 9. The molecular formula is C43H78N4O6. The molecule has 0 amide bonds. The molecule has 10 heteroatoms. The normalized spacial score (nSPS) is 16.2. The quantitative estimate of drug-likeness (QED) is 0.0120. The first-order chi connectivity index (χ1) is 25.9. The second-order valence-electron chi connectivity index (χ2n) is 14.5. The lowest BCUT2D eigenvalue weighted by Gasteiger charge is -2.20. The zero-order valence-corrected chi connectivity index (χ0v) is 34.0. The van der Waals surface area contributed by atoms with Crippen molar-refractivity contribution in [2.75, 3.05) is 33.3 Å². The summed E-state index contributed by atoms with van der Waals surface area (Å²) in [6.07, 6.45) is 38.1. The van der Waals surface area contributed by atoms with Gasteiger partial charge in [0.05, 0.1) is 17.1 Å². The first-order valence-corrected chi connectivity index (χ1v) is 21.4. The standard InChI is InChI=1S/C43H78N4O6/c1-5-8-11-13-19-27-37-52-43-40(53-43)31-23-16-14-17-24-33-46(35-28-32-45-41(44-4)38-47(49)50)34-25-18-15-20-26-36-51-42(48)39(29-21-10-7-3)30-22-12-9-6-2/h7,26,28,35-36,38-40,43-45H,3,5-6,8-25,27,29-34,37H2,1-2,4H3/b35-28+,36-26+,41-38+. The van der Waals surface area contributed by atoms with E-state index in [2.05, 4.69) is 42.2 Å². The smallest absolute Gasteiger partial charge is 0.313 e. The van der Waals surface area contributed by atoms with Crippen LogP contribution in [0.4, 0.5) is 0 Å². The van der Waals surface area contributed by atoms with Crippen LogP contribution in [0.25, 0.3) is 0 Å². The summed E-state index contributed by atoms with van der Waals surface area (Å²) >= 11 is 0. The predicted octanol–water partition coefficient (Wildman–Crippen LogP) is 10.7. The van der Waals surface area contributed by atoms with E-state index in [0.29, 0.717) is 18.5 Å². The summed E-state index contributed by atoms with van der Waals surface area (Å²) in [6, 6.07) is 0. The van der Waals surface area contributed by atoms with E-state index >= 15 is 0 Å². The van der Waals surface area contributed by atoms with Gasteiger partial charge in [-0.05, 0) is 82.6 Å². The van der Waals surface area contributed by atoms with Gasteiger partial charge in [0.2, 0.25) is 0 Å². The molecule has 0 saturated carbocycles. The van der Waals surface area contributed by atoms with Crippen LogP contribution in [0, 0.1) is 16.0 Å². The van der Waals surface area contributed by atoms with E-state index in [0.717, 1.165) is 103 Å². The lowest BCUT2D eigenvalue weighted by molar-refractivity contribution is -0.404. The summed E-state index contributed by atoms with van der Waals surface area (Å²) < 4.78 is 17.1. The van der Waals surface area contributed by atoms with Gasteiger partial charge in [-0.3, -0.25) is 14.9 Å². The number of nitro groups is 1. The summed E-state index contributed by atoms with van der Waals surface area (Å²) in [5, 5.41) is 16.7. The second kappa shape index (κ2) is 34.9. The highest BCUT2D eigenvalue weighted by Crippen LogP contribution is 2.29. The number of ether oxygens (including phenoxy) is 3. The number of epoxide rings is 1. The van der Waals surface area contributed by atoms with Crippen LogP contribution < -0.4 is 10.6 Å². The fourth-order valence-electron chi connectivity index (χ4n) is 6.43. The highest BCUT2D eigenvalue weighted by Gasteiger charge is 2.38. The Morgan fingerprint density at radius 2 is 1.49 bits per heavy atom. The van der Waals surface area contributed by atoms with Crippen molar-refractivity contribution in [2.45, 2.75) is 180 Å². The minimum absolute atomic E-state index is 0.0239. The summed E-state index contributed by atoms with van der Waals surface area (Å²) in [7, 11) is 1.66. The molecule has 2 N–H and O–H groups in total. The second-order valence-corrected chi connectivity index (χ2v) is 14.5. The van der Waals surface area contributed by atoms with Gasteiger partial charge in [-0.15, -0.1) is 6.58 Å². The van der Waals surface area contributed by atoms with Gasteiger partial charge in [-0.25, -0.2) is 0 Å². The Morgan fingerprint density at radius 1 is 0.849 bits per heavy atom. The maximum absolute atomic E-state index is 12.7. The maximum atomic E-state index is 12.7. The average molecular weight is 747 g/mol. The van der Waals surface area contributed by atoms with Gasteiger partial charge in [0.15, 0.2) is 12.1 Å². The maximum Gasteiger partial charge on any atom is 0.313 e. The molecule has 1 heterocycles. The van der Waals surface area contributed by atoms with Crippen molar-refractivity contribution in [3.8, 4) is 0 Å². The fourth-order valence-corrected chi connectivity index (χ4v) is 6.43. The van der Waals surface area contributed by atoms with Gasteiger partial charge in [0.25, 0.3) is 6.20 Å². The van der Waals surface area contributed by atoms with E-state index in [9.17, 15) is 14.9 Å². The lowest BCUT2D eigenvalue weighted by atomic mass is 9.95. The molecule has 10 nitrogen and oxygen atoms in total. The fraction of sp³-hybridized carbons (Fsp3) is 0.791. The molecule has 306 valence electrons. The van der Waals surface area contributed by atoms with Crippen LogP contribution in [0.15, 0.2) is 49.3 Å². The predicted molar refractivity (Wildman–Crippen MR) is 219 cm³/mol. The molecule has 0 aromatic carbocycles. The van der Waals surface area contributed by atoms with E-state index in [4.69, 9.17) is 14.2 Å². The van der Waals surface area contributed by atoms with Gasteiger partial charge >= 0.3 is 5.97 Å². The molecule has 3 unspecified atom stereocenters. The molecule has 0 aromatic rings. The minimum Gasteiger partial charge on any atom is -0.435 e. The minimum atomic E-state index is -0.465. The summed E-state index contributed by atoms with van der Waals surface area (Å²) in [5.41, 5.74) is 0. The van der Waals surface area contributed by atoms with Gasteiger partial charge in [0.1, 0.15) is 6.10 Å². The van der Waals surface area contributed by atoms with Crippen LogP contribution in [-0.2, 0) is 19.0 Å². The molecule has 1 aliphatic heterocycles. The van der Waals surface area contributed by atoms with Gasteiger partial charge < -0.3 is 29.7 Å². The van der Waals surface area contributed by atoms with Gasteiger partial charge in [-0.2, -0.15) is 0 Å². The average Bonchev–Trinajstić information content (AvgIpc) is 3.91. The van der Waals surface area contributed by atoms with Crippen LogP contribution in [0.2, 0.25) is 0 Å². The molecule has 1 aliphatic rings. The first-order valence-electron chi connectivity index (χ1n) is 21.4. The zero-order valence-electron chi connectivity index (χ0n) is 34.0. The number of allylic oxidation sites excluding steroid dienone is 2. The van der Waals surface area contributed by atoms with Crippen LogP contribution in [0.1, 0.15) is 168 Å². The van der Waals surface area contributed by atoms with Crippen molar-refractivity contribution in [3.63, 3.8) is 0 Å². The number of nitrogens with one attached hydrogen (secondary N) is 2. The number of esters is 1. The monoisotopic (exact) mass is 747 g/mol. The summed E-state index contributed by atoms with van der Waals surface area (Å²) in [6.45, 7) is 11.5. The number of nitrogens with zero attached hydrogens (tertiary/aromatic N) is 2. The van der Waals surface area contributed by atoms with Crippen molar-refractivity contribution in [2.24, 2.45) is 5.92 Å². The molecule has 0 aromatic heterocycles. The van der Waals surface area contributed by atoms with Crippen molar-refractivity contribution in [3.05, 3.63) is 59.4 Å². The van der Waals surface area contributed by atoms with Gasteiger partial charge in [0, 0.05) is 33.3 Å². The van der Waals surface area contributed by atoms with Crippen molar-refractivity contribution in [1.29, 1.82) is 0 Å². The molecule has 1 rings (SSSR count). The number of carbonyl (C=O) groups excluding carboxylic acids is 1. The van der Waals surface area contributed by atoms with Crippen LogP contribution in [0.5, 0.6) is 0 Å². The molecule has 53 heavy (non-hydrogen) atoms. The molecule has 1 saturated heterocycles. The van der Waals surface area contributed by atoms with E-state index < -0.39 is 4.92 Å². The molecular weight excluding hydrogens is 668 g/mol. The number of carbonyl (C=O) groups is 1. The SMILES string of the molecule is C=CCCCC(CCCCCC)C(=O)O/C=C/CCCCCN(/C=C/CN/C(=C/[N+](=O)[O-])NC)CCCCCCCC1OC1OCCCCCCCC. The Kier molecular flexibility index (Phi) is 31.7. The number of rotatable bonds is 39. The molecule has 0 aliphatic carbocycles. The van der Waals surface area contributed by atoms with E-state index in [1.807, 2.05) is 18.2 Å². The Labute approximate surface area is 323 Å². The van der Waals surface area contributed by atoms with E-state index in [1.165, 1.54) is 77.0 Å². The third-order valence-corrected chi connectivity index (χ3v) is 9.78. The molecule has 1 fully saturated rings. The zero-order chi connectivity index (χ0) is 38.6. The summed E-state index contributed by atoms with van der Waals surface area (Å²) in [5.74, 6) is 0.264. The highest BCUT2D eigenvalue weighted by atomic mass is 16.8. The van der Waals surface area contributed by atoms with Crippen molar-refractivity contribution in [1.82, 2.24) is 15.5 Å². The Hall–Kier alpha value is -2.85. The third kappa shape index (κ3) is 29.2. The Morgan fingerprint density at radius 3 is 2.19 bits per heavy atom. The van der Waals surface area contributed by atoms with E-state index in [-0.39, 0.29) is 18.2 Å².